The van der Waals surface area contributed by atoms with E-state index in [1.807, 2.05) is 6.07 Å². The Morgan fingerprint density at radius 2 is 2.41 bits per heavy atom. The van der Waals surface area contributed by atoms with Crippen LogP contribution in [0.25, 0.3) is 0 Å². The predicted octanol–water partition coefficient (Wildman–Crippen LogP) is 2.45. The quantitative estimate of drug-likeness (QED) is 0.897. The van der Waals surface area contributed by atoms with Gasteiger partial charge in [0, 0.05) is 17.3 Å². The number of nitriles is 1. The van der Waals surface area contributed by atoms with Crippen molar-refractivity contribution in [1.82, 2.24) is 10.2 Å². The van der Waals surface area contributed by atoms with Gasteiger partial charge < -0.3 is 5.32 Å². The van der Waals surface area contributed by atoms with Gasteiger partial charge in [0.2, 0.25) is 0 Å². The molecule has 0 radical (unpaired) electrons. The molecule has 4 nitrogen and oxygen atoms in total. The molecule has 0 aliphatic carbocycles. The van der Waals surface area contributed by atoms with Crippen LogP contribution in [0.3, 0.4) is 0 Å². The van der Waals surface area contributed by atoms with E-state index in [1.54, 1.807) is 17.4 Å². The van der Waals surface area contributed by atoms with E-state index < -0.39 is 0 Å². The zero-order valence-electron chi connectivity index (χ0n) is 9.42. The number of hydrogen-bond donors (Lipinski definition) is 1. The maximum atomic E-state index is 8.93. The number of anilines is 1. The van der Waals surface area contributed by atoms with E-state index >= 15 is 0 Å². The maximum Gasteiger partial charge on any atom is 0.166 e. The molecule has 1 atom stereocenters. The SMILES string of the molecule is CC(Cc1cccs1)Nc1nnccc1C#N. The van der Waals surface area contributed by atoms with Gasteiger partial charge in [-0.3, -0.25) is 0 Å². The van der Waals surface area contributed by atoms with Crippen molar-refractivity contribution in [2.75, 3.05) is 5.32 Å². The fourth-order valence-corrected chi connectivity index (χ4v) is 2.38. The fraction of sp³-hybridized carbons (Fsp3) is 0.250. The summed E-state index contributed by atoms with van der Waals surface area (Å²) in [6, 6.07) is 8.12. The smallest absolute Gasteiger partial charge is 0.166 e. The van der Waals surface area contributed by atoms with E-state index in [0.717, 1.165) is 6.42 Å². The standard InChI is InChI=1S/C12H12N4S/c1-9(7-11-3-2-6-17-11)15-12-10(8-13)4-5-14-16-12/h2-6,9H,7H2,1H3,(H,15,16). The summed E-state index contributed by atoms with van der Waals surface area (Å²) in [5, 5.41) is 21.9. The normalized spacial score (nSPS) is 11.8. The summed E-state index contributed by atoms with van der Waals surface area (Å²) in [7, 11) is 0. The third-order valence-corrected chi connectivity index (χ3v) is 3.21. The molecule has 0 fully saturated rings. The van der Waals surface area contributed by atoms with Crippen molar-refractivity contribution in [1.29, 1.82) is 5.26 Å². The van der Waals surface area contributed by atoms with E-state index in [4.69, 9.17) is 5.26 Å². The molecule has 0 spiro atoms. The number of nitrogens with one attached hydrogen (secondary N) is 1. The number of thiophene rings is 1. The Bertz CT molecular complexity index is 516. The highest BCUT2D eigenvalue weighted by Gasteiger charge is 2.08. The molecule has 2 aromatic rings. The molecule has 0 saturated heterocycles. The van der Waals surface area contributed by atoms with Crippen molar-refractivity contribution < 1.29 is 0 Å². The largest absolute Gasteiger partial charge is 0.365 e. The molecule has 1 unspecified atom stereocenters. The summed E-state index contributed by atoms with van der Waals surface area (Å²) < 4.78 is 0. The van der Waals surface area contributed by atoms with Crippen molar-refractivity contribution in [3.8, 4) is 6.07 Å². The molecule has 2 rings (SSSR count). The average Bonchev–Trinajstić information content (AvgIpc) is 2.82. The van der Waals surface area contributed by atoms with E-state index in [1.165, 1.54) is 11.1 Å². The lowest BCUT2D eigenvalue weighted by molar-refractivity contribution is 0.787. The summed E-state index contributed by atoms with van der Waals surface area (Å²) in [5.41, 5.74) is 0.526. The van der Waals surface area contributed by atoms with Crippen molar-refractivity contribution in [3.63, 3.8) is 0 Å². The molecule has 17 heavy (non-hydrogen) atoms. The van der Waals surface area contributed by atoms with Crippen LogP contribution in [0.5, 0.6) is 0 Å². The predicted molar refractivity (Wildman–Crippen MR) is 67.9 cm³/mol. The molecule has 2 heterocycles. The highest BCUT2D eigenvalue weighted by molar-refractivity contribution is 7.09. The first-order valence-corrected chi connectivity index (χ1v) is 6.18. The highest BCUT2D eigenvalue weighted by atomic mass is 32.1. The number of rotatable bonds is 4. The maximum absolute atomic E-state index is 8.93. The molecule has 2 aromatic heterocycles. The van der Waals surface area contributed by atoms with Crippen LogP contribution in [-0.4, -0.2) is 16.2 Å². The molecule has 0 amide bonds. The number of nitrogens with zero attached hydrogens (tertiary/aromatic N) is 3. The second kappa shape index (κ2) is 5.41. The summed E-state index contributed by atoms with van der Waals surface area (Å²) in [6.45, 7) is 2.07. The molecule has 0 bridgehead atoms. The van der Waals surface area contributed by atoms with Gasteiger partial charge in [-0.25, -0.2) is 0 Å². The molecule has 0 aromatic carbocycles. The van der Waals surface area contributed by atoms with Crippen molar-refractivity contribution in [2.24, 2.45) is 0 Å². The van der Waals surface area contributed by atoms with Crippen LogP contribution >= 0.6 is 11.3 Å². The van der Waals surface area contributed by atoms with Crippen LogP contribution < -0.4 is 5.32 Å². The second-order valence-electron chi connectivity index (χ2n) is 3.73. The lowest BCUT2D eigenvalue weighted by Crippen LogP contribution is -2.19. The third kappa shape index (κ3) is 3.02. The van der Waals surface area contributed by atoms with Gasteiger partial charge in [0.1, 0.15) is 6.07 Å². The van der Waals surface area contributed by atoms with Gasteiger partial charge in [0.25, 0.3) is 0 Å². The Labute approximate surface area is 104 Å². The van der Waals surface area contributed by atoms with Crippen LogP contribution in [0.1, 0.15) is 17.4 Å². The Kier molecular flexibility index (Phi) is 3.68. The van der Waals surface area contributed by atoms with Crippen LogP contribution in [0.4, 0.5) is 5.82 Å². The molecular weight excluding hydrogens is 232 g/mol. The third-order valence-electron chi connectivity index (χ3n) is 2.31. The van der Waals surface area contributed by atoms with E-state index in [9.17, 15) is 0 Å². The lowest BCUT2D eigenvalue weighted by atomic mass is 10.2. The first-order chi connectivity index (χ1) is 8.29. The van der Waals surface area contributed by atoms with Gasteiger partial charge in [-0.2, -0.15) is 10.4 Å². The van der Waals surface area contributed by atoms with Gasteiger partial charge in [-0.1, -0.05) is 6.07 Å². The van der Waals surface area contributed by atoms with Gasteiger partial charge in [0.15, 0.2) is 5.82 Å². The Balaban J connectivity index is 2.03. The van der Waals surface area contributed by atoms with E-state index in [2.05, 4.69) is 40.0 Å². The lowest BCUT2D eigenvalue weighted by Gasteiger charge is -2.13. The fourth-order valence-electron chi connectivity index (χ4n) is 1.54. The van der Waals surface area contributed by atoms with Crippen molar-refractivity contribution in [3.05, 3.63) is 40.2 Å². The molecular formula is C12H12N4S. The summed E-state index contributed by atoms with van der Waals surface area (Å²) in [6.07, 6.45) is 2.44. The zero-order chi connectivity index (χ0) is 12.1. The first-order valence-electron chi connectivity index (χ1n) is 5.30. The zero-order valence-corrected chi connectivity index (χ0v) is 10.2. The number of aromatic nitrogens is 2. The summed E-state index contributed by atoms with van der Waals surface area (Å²) >= 11 is 1.73. The number of hydrogen-bond acceptors (Lipinski definition) is 5. The Hall–Kier alpha value is -1.93. The van der Waals surface area contributed by atoms with Crippen molar-refractivity contribution in [2.45, 2.75) is 19.4 Å². The van der Waals surface area contributed by atoms with Crippen LogP contribution in [0.2, 0.25) is 0 Å². The minimum Gasteiger partial charge on any atom is -0.365 e. The minimum absolute atomic E-state index is 0.220. The molecule has 0 saturated carbocycles. The Morgan fingerprint density at radius 3 is 3.12 bits per heavy atom. The minimum atomic E-state index is 0.220. The van der Waals surface area contributed by atoms with E-state index in [0.29, 0.717) is 11.4 Å². The molecule has 5 heteroatoms. The molecule has 0 aliphatic rings. The van der Waals surface area contributed by atoms with Gasteiger partial charge in [-0.05, 0) is 24.4 Å². The van der Waals surface area contributed by atoms with Crippen LogP contribution in [-0.2, 0) is 6.42 Å². The van der Waals surface area contributed by atoms with Crippen LogP contribution in [0.15, 0.2) is 29.8 Å². The summed E-state index contributed by atoms with van der Waals surface area (Å²) in [5.74, 6) is 0.555. The molecule has 1 N–H and O–H groups in total. The van der Waals surface area contributed by atoms with E-state index in [-0.39, 0.29) is 6.04 Å². The molecule has 0 aliphatic heterocycles. The first kappa shape index (κ1) is 11.6. The van der Waals surface area contributed by atoms with Crippen LogP contribution in [0, 0.1) is 11.3 Å². The highest BCUT2D eigenvalue weighted by Crippen LogP contribution is 2.15. The Morgan fingerprint density at radius 1 is 1.53 bits per heavy atom. The monoisotopic (exact) mass is 244 g/mol. The van der Waals surface area contributed by atoms with Gasteiger partial charge in [0.05, 0.1) is 11.8 Å². The second-order valence-corrected chi connectivity index (χ2v) is 4.77. The van der Waals surface area contributed by atoms with Gasteiger partial charge >= 0.3 is 0 Å². The molecule has 86 valence electrons. The van der Waals surface area contributed by atoms with Crippen molar-refractivity contribution >= 4 is 17.2 Å². The summed E-state index contributed by atoms with van der Waals surface area (Å²) in [4.78, 5) is 1.31. The van der Waals surface area contributed by atoms with Gasteiger partial charge in [-0.15, -0.1) is 16.4 Å². The average molecular weight is 244 g/mol. The topological polar surface area (TPSA) is 61.6 Å².